The Balaban J connectivity index is 2.95. The highest BCUT2D eigenvalue weighted by molar-refractivity contribution is 7.89. The van der Waals surface area contributed by atoms with Crippen LogP contribution in [0.15, 0.2) is 29.2 Å². The van der Waals surface area contributed by atoms with E-state index in [1.54, 1.807) is 18.2 Å². The van der Waals surface area contributed by atoms with Gasteiger partial charge in [-0.2, -0.15) is 4.31 Å². The number of rotatable bonds is 6. The normalized spacial score (nSPS) is 11.8. The molecule has 96 valence electrons. The van der Waals surface area contributed by atoms with E-state index >= 15 is 0 Å². The van der Waals surface area contributed by atoms with Gasteiger partial charge in [-0.15, -0.1) is 0 Å². The zero-order valence-corrected chi connectivity index (χ0v) is 11.0. The first-order valence-corrected chi connectivity index (χ1v) is 6.55. The Morgan fingerprint density at radius 1 is 1.29 bits per heavy atom. The van der Waals surface area contributed by atoms with Gasteiger partial charge in [0.15, 0.2) is 0 Å². The summed E-state index contributed by atoms with van der Waals surface area (Å²) in [7, 11) is 1.09. The van der Waals surface area contributed by atoms with Crippen LogP contribution in [0.3, 0.4) is 0 Å². The summed E-state index contributed by atoms with van der Waals surface area (Å²) in [5.41, 5.74) is 0. The minimum atomic E-state index is -3.47. The van der Waals surface area contributed by atoms with Gasteiger partial charge in [0.2, 0.25) is 10.0 Å². The van der Waals surface area contributed by atoms with Gasteiger partial charge in [0.1, 0.15) is 5.75 Å². The lowest BCUT2D eigenvalue weighted by Gasteiger charge is -2.16. The van der Waals surface area contributed by atoms with Crippen molar-refractivity contribution in [2.45, 2.75) is 4.90 Å². The van der Waals surface area contributed by atoms with Gasteiger partial charge in [-0.05, 0) is 12.1 Å². The van der Waals surface area contributed by atoms with Crippen LogP contribution in [-0.4, -0.2) is 47.1 Å². The molecule has 17 heavy (non-hydrogen) atoms. The molecular formula is C11H17NO4S. The summed E-state index contributed by atoms with van der Waals surface area (Å²) < 4.78 is 35.4. The summed E-state index contributed by atoms with van der Waals surface area (Å²) in [5.74, 6) is 0.520. The van der Waals surface area contributed by atoms with E-state index < -0.39 is 10.0 Å². The standard InChI is InChI=1S/C11H17NO4S/c1-12(7-8-15-2)17(13,14)11-6-4-5-10(9-11)16-3/h4-6,9H,7-8H2,1-3H3. The monoisotopic (exact) mass is 259 g/mol. The second-order valence-electron chi connectivity index (χ2n) is 3.50. The predicted octanol–water partition coefficient (Wildman–Crippen LogP) is 0.962. The zero-order valence-electron chi connectivity index (χ0n) is 10.2. The molecule has 0 saturated carbocycles. The Bertz CT molecular complexity index is 458. The number of sulfonamides is 1. The molecule has 6 heteroatoms. The van der Waals surface area contributed by atoms with E-state index in [-0.39, 0.29) is 4.90 Å². The van der Waals surface area contributed by atoms with Gasteiger partial charge in [-0.1, -0.05) is 6.07 Å². The van der Waals surface area contributed by atoms with Crippen LogP contribution in [0.2, 0.25) is 0 Å². The van der Waals surface area contributed by atoms with E-state index in [9.17, 15) is 8.42 Å². The molecule has 0 spiro atoms. The van der Waals surface area contributed by atoms with Gasteiger partial charge >= 0.3 is 0 Å². The summed E-state index contributed by atoms with van der Waals surface area (Å²) in [5, 5.41) is 0. The molecular weight excluding hydrogens is 242 g/mol. The lowest BCUT2D eigenvalue weighted by atomic mass is 10.3. The third-order valence-corrected chi connectivity index (χ3v) is 4.21. The van der Waals surface area contributed by atoms with Crippen LogP contribution < -0.4 is 4.74 Å². The molecule has 0 fully saturated rings. The van der Waals surface area contributed by atoms with Crippen LogP contribution in [0, 0.1) is 0 Å². The quantitative estimate of drug-likeness (QED) is 0.763. The molecule has 0 heterocycles. The Hall–Kier alpha value is -1.11. The summed E-state index contributed by atoms with van der Waals surface area (Å²) >= 11 is 0. The SMILES string of the molecule is COCCN(C)S(=O)(=O)c1cccc(OC)c1. The number of hydrogen-bond acceptors (Lipinski definition) is 4. The lowest BCUT2D eigenvalue weighted by Crippen LogP contribution is -2.30. The van der Waals surface area contributed by atoms with Crippen molar-refractivity contribution in [1.29, 1.82) is 0 Å². The molecule has 0 aromatic heterocycles. The van der Waals surface area contributed by atoms with Crippen LogP contribution in [0.1, 0.15) is 0 Å². The Morgan fingerprint density at radius 3 is 2.59 bits per heavy atom. The van der Waals surface area contributed by atoms with Crippen LogP contribution >= 0.6 is 0 Å². The summed E-state index contributed by atoms with van der Waals surface area (Å²) in [6.07, 6.45) is 0. The highest BCUT2D eigenvalue weighted by atomic mass is 32.2. The molecule has 1 aromatic carbocycles. The molecule has 0 bridgehead atoms. The van der Waals surface area contributed by atoms with Crippen LogP contribution in [0.5, 0.6) is 5.75 Å². The zero-order chi connectivity index (χ0) is 12.9. The third-order valence-electron chi connectivity index (χ3n) is 2.36. The van der Waals surface area contributed by atoms with Crippen molar-refractivity contribution >= 4 is 10.0 Å². The molecule has 0 atom stereocenters. The third kappa shape index (κ3) is 3.42. The highest BCUT2D eigenvalue weighted by Crippen LogP contribution is 2.19. The number of hydrogen-bond donors (Lipinski definition) is 0. The Labute approximate surface area is 102 Å². The first-order chi connectivity index (χ1) is 8.02. The number of benzene rings is 1. The molecule has 0 aliphatic carbocycles. The first-order valence-electron chi connectivity index (χ1n) is 5.11. The molecule has 0 aliphatic rings. The molecule has 0 amide bonds. The van der Waals surface area contributed by atoms with E-state index in [4.69, 9.17) is 9.47 Å². The molecule has 1 rings (SSSR count). The predicted molar refractivity (Wildman–Crippen MR) is 64.7 cm³/mol. The van der Waals surface area contributed by atoms with Gasteiger partial charge in [0, 0.05) is 26.8 Å². The molecule has 5 nitrogen and oxygen atoms in total. The smallest absolute Gasteiger partial charge is 0.243 e. The van der Waals surface area contributed by atoms with E-state index in [0.29, 0.717) is 18.9 Å². The topological polar surface area (TPSA) is 55.8 Å². The second-order valence-corrected chi connectivity index (χ2v) is 5.54. The van der Waals surface area contributed by atoms with Crippen LogP contribution in [-0.2, 0) is 14.8 Å². The Morgan fingerprint density at radius 2 is 2.00 bits per heavy atom. The van der Waals surface area contributed by atoms with Crippen molar-refractivity contribution < 1.29 is 17.9 Å². The molecule has 0 saturated heterocycles. The second kappa shape index (κ2) is 6.00. The summed E-state index contributed by atoms with van der Waals surface area (Å²) in [6.45, 7) is 0.676. The maximum Gasteiger partial charge on any atom is 0.243 e. The number of likely N-dealkylation sites (N-methyl/N-ethyl adjacent to an activating group) is 1. The van der Waals surface area contributed by atoms with Crippen molar-refractivity contribution in [3.63, 3.8) is 0 Å². The van der Waals surface area contributed by atoms with Crippen molar-refractivity contribution in [3.05, 3.63) is 24.3 Å². The number of methoxy groups -OCH3 is 2. The summed E-state index contributed by atoms with van der Waals surface area (Å²) in [6, 6.07) is 6.39. The van der Waals surface area contributed by atoms with Crippen molar-refractivity contribution in [3.8, 4) is 5.75 Å². The number of nitrogens with zero attached hydrogens (tertiary/aromatic N) is 1. The summed E-state index contributed by atoms with van der Waals surface area (Å²) in [4.78, 5) is 0.218. The van der Waals surface area contributed by atoms with Crippen molar-refractivity contribution in [1.82, 2.24) is 4.31 Å². The van der Waals surface area contributed by atoms with Crippen LogP contribution in [0.25, 0.3) is 0 Å². The Kier molecular flexibility index (Phi) is 4.92. The first kappa shape index (κ1) is 14.0. The van der Waals surface area contributed by atoms with E-state index in [0.717, 1.165) is 0 Å². The van der Waals surface area contributed by atoms with Gasteiger partial charge in [0.05, 0.1) is 18.6 Å². The average Bonchev–Trinajstić information content (AvgIpc) is 2.35. The average molecular weight is 259 g/mol. The fourth-order valence-corrected chi connectivity index (χ4v) is 2.47. The maximum absolute atomic E-state index is 12.1. The maximum atomic E-state index is 12.1. The van der Waals surface area contributed by atoms with Gasteiger partial charge < -0.3 is 9.47 Å². The van der Waals surface area contributed by atoms with E-state index in [2.05, 4.69) is 0 Å². The van der Waals surface area contributed by atoms with Gasteiger partial charge in [-0.3, -0.25) is 0 Å². The van der Waals surface area contributed by atoms with Gasteiger partial charge in [0.25, 0.3) is 0 Å². The fraction of sp³-hybridized carbons (Fsp3) is 0.455. The molecule has 0 radical (unpaired) electrons. The minimum absolute atomic E-state index is 0.218. The fourth-order valence-electron chi connectivity index (χ4n) is 1.28. The lowest BCUT2D eigenvalue weighted by molar-refractivity contribution is 0.185. The largest absolute Gasteiger partial charge is 0.497 e. The van der Waals surface area contributed by atoms with E-state index in [1.807, 2.05) is 0 Å². The molecule has 0 unspecified atom stereocenters. The number of ether oxygens (including phenoxy) is 2. The van der Waals surface area contributed by atoms with Gasteiger partial charge in [-0.25, -0.2) is 8.42 Å². The van der Waals surface area contributed by atoms with Crippen LogP contribution in [0.4, 0.5) is 0 Å². The molecule has 1 aromatic rings. The van der Waals surface area contributed by atoms with Crippen molar-refractivity contribution in [2.75, 3.05) is 34.4 Å². The molecule has 0 N–H and O–H groups in total. The minimum Gasteiger partial charge on any atom is -0.497 e. The highest BCUT2D eigenvalue weighted by Gasteiger charge is 2.20. The van der Waals surface area contributed by atoms with E-state index in [1.165, 1.54) is 31.6 Å². The van der Waals surface area contributed by atoms with Crippen molar-refractivity contribution in [2.24, 2.45) is 0 Å². The molecule has 0 aliphatic heterocycles.